The molecular formula is C19H20O6. The van der Waals surface area contributed by atoms with Crippen LogP contribution in [0.4, 0.5) is 0 Å². The lowest BCUT2D eigenvalue weighted by Gasteiger charge is -2.19. The third kappa shape index (κ3) is 4.22. The van der Waals surface area contributed by atoms with Crippen LogP contribution in [-0.2, 0) is 16.1 Å². The Morgan fingerprint density at radius 2 is 1.92 bits per heavy atom. The van der Waals surface area contributed by atoms with Gasteiger partial charge in [-0.25, -0.2) is 0 Å². The molecular weight excluding hydrogens is 324 g/mol. The number of ether oxygens (including phenoxy) is 4. The van der Waals surface area contributed by atoms with E-state index in [4.69, 9.17) is 18.9 Å². The van der Waals surface area contributed by atoms with Gasteiger partial charge in [0.25, 0.3) is 0 Å². The second kappa shape index (κ2) is 7.90. The minimum absolute atomic E-state index is 0.0627. The van der Waals surface area contributed by atoms with Crippen LogP contribution in [0, 0.1) is 0 Å². The molecule has 3 rings (SSSR count). The van der Waals surface area contributed by atoms with Crippen molar-refractivity contribution in [1.82, 2.24) is 0 Å². The van der Waals surface area contributed by atoms with Crippen molar-refractivity contribution in [2.24, 2.45) is 0 Å². The molecule has 1 unspecified atom stereocenters. The van der Waals surface area contributed by atoms with Gasteiger partial charge in [0.1, 0.15) is 19.0 Å². The Morgan fingerprint density at radius 3 is 2.60 bits per heavy atom. The number of rotatable bonds is 7. The Balaban J connectivity index is 1.85. The van der Waals surface area contributed by atoms with Gasteiger partial charge in [0.05, 0.1) is 6.61 Å². The van der Waals surface area contributed by atoms with Gasteiger partial charge in [-0.3, -0.25) is 4.79 Å². The molecule has 0 radical (unpaired) electrons. The van der Waals surface area contributed by atoms with Crippen molar-refractivity contribution in [3.05, 3.63) is 53.6 Å². The number of carbonyl (C=O) groups excluding carboxylic acids is 1. The van der Waals surface area contributed by atoms with E-state index in [1.165, 1.54) is 6.92 Å². The highest BCUT2D eigenvalue weighted by Crippen LogP contribution is 2.41. The van der Waals surface area contributed by atoms with Crippen LogP contribution in [0.25, 0.3) is 0 Å². The van der Waals surface area contributed by atoms with Gasteiger partial charge in [-0.15, -0.1) is 0 Å². The van der Waals surface area contributed by atoms with Gasteiger partial charge in [0.2, 0.25) is 6.79 Å². The van der Waals surface area contributed by atoms with Crippen molar-refractivity contribution >= 4 is 5.97 Å². The van der Waals surface area contributed by atoms with Crippen LogP contribution in [0.15, 0.2) is 42.5 Å². The molecule has 0 amide bonds. The summed E-state index contributed by atoms with van der Waals surface area (Å²) in [5, 5.41) is 9.73. The third-order valence-corrected chi connectivity index (χ3v) is 3.89. The number of aliphatic hydroxyl groups excluding tert-OH is 1. The van der Waals surface area contributed by atoms with Gasteiger partial charge in [-0.1, -0.05) is 30.3 Å². The number of hydrogen-bond acceptors (Lipinski definition) is 6. The van der Waals surface area contributed by atoms with Crippen molar-refractivity contribution in [1.29, 1.82) is 0 Å². The summed E-state index contributed by atoms with van der Waals surface area (Å²) in [4.78, 5) is 11.1. The van der Waals surface area contributed by atoms with E-state index in [9.17, 15) is 9.90 Å². The minimum atomic E-state index is -0.413. The second-order valence-corrected chi connectivity index (χ2v) is 5.70. The first-order valence-corrected chi connectivity index (χ1v) is 8.02. The molecule has 6 nitrogen and oxygen atoms in total. The van der Waals surface area contributed by atoms with E-state index in [0.29, 0.717) is 29.4 Å². The quantitative estimate of drug-likeness (QED) is 0.779. The molecule has 0 bridgehead atoms. The van der Waals surface area contributed by atoms with E-state index in [-0.39, 0.29) is 20.0 Å². The monoisotopic (exact) mass is 344 g/mol. The number of aliphatic hydroxyl groups is 1. The molecule has 25 heavy (non-hydrogen) atoms. The van der Waals surface area contributed by atoms with E-state index in [0.717, 1.165) is 5.56 Å². The van der Waals surface area contributed by atoms with Crippen LogP contribution in [0.3, 0.4) is 0 Å². The molecule has 2 aromatic rings. The van der Waals surface area contributed by atoms with Crippen LogP contribution in [-0.4, -0.2) is 31.1 Å². The molecule has 1 heterocycles. The summed E-state index contributed by atoms with van der Waals surface area (Å²) < 4.78 is 21.8. The zero-order valence-corrected chi connectivity index (χ0v) is 13.9. The summed E-state index contributed by atoms with van der Waals surface area (Å²) in [6.07, 6.45) is 0. The standard InChI is InChI=1S/C19H20O6/c1-13(21)22-11-15(9-20)16-7-18-19(25-12-24-18)8-17(16)23-10-14-5-3-2-4-6-14/h2-8,15,20H,9-12H2,1H3. The first kappa shape index (κ1) is 17.1. The van der Waals surface area contributed by atoms with Crippen molar-refractivity contribution in [3.63, 3.8) is 0 Å². The van der Waals surface area contributed by atoms with Gasteiger partial charge in [-0.2, -0.15) is 0 Å². The Bertz CT molecular complexity index is 728. The predicted octanol–water partition coefficient (Wildman–Crippen LogP) is 2.63. The average molecular weight is 344 g/mol. The largest absolute Gasteiger partial charge is 0.488 e. The highest BCUT2D eigenvalue weighted by atomic mass is 16.7. The molecule has 2 aromatic carbocycles. The SMILES string of the molecule is CC(=O)OCC(CO)c1cc2c(cc1OCc1ccccc1)OCO2. The lowest BCUT2D eigenvalue weighted by molar-refractivity contribution is -0.141. The maximum Gasteiger partial charge on any atom is 0.302 e. The van der Waals surface area contributed by atoms with E-state index in [1.807, 2.05) is 30.3 Å². The highest BCUT2D eigenvalue weighted by molar-refractivity contribution is 5.66. The van der Waals surface area contributed by atoms with E-state index in [2.05, 4.69) is 0 Å². The molecule has 0 aliphatic carbocycles. The van der Waals surface area contributed by atoms with Gasteiger partial charge >= 0.3 is 5.97 Å². The lowest BCUT2D eigenvalue weighted by Crippen LogP contribution is -2.15. The molecule has 0 saturated carbocycles. The molecule has 0 saturated heterocycles. The zero-order chi connectivity index (χ0) is 17.6. The minimum Gasteiger partial charge on any atom is -0.488 e. The third-order valence-electron chi connectivity index (χ3n) is 3.89. The van der Waals surface area contributed by atoms with Gasteiger partial charge in [0, 0.05) is 24.5 Å². The Morgan fingerprint density at radius 1 is 1.20 bits per heavy atom. The molecule has 0 spiro atoms. The Kier molecular flexibility index (Phi) is 5.40. The number of carbonyl (C=O) groups is 1. The van der Waals surface area contributed by atoms with Gasteiger partial charge in [-0.05, 0) is 11.6 Å². The summed E-state index contributed by atoms with van der Waals surface area (Å²) in [5.74, 6) is 0.939. The van der Waals surface area contributed by atoms with E-state index >= 15 is 0 Å². The summed E-state index contributed by atoms with van der Waals surface area (Å²) in [6, 6.07) is 13.3. The maximum atomic E-state index is 11.1. The molecule has 1 N–H and O–H groups in total. The number of esters is 1. The maximum absolute atomic E-state index is 11.1. The highest BCUT2D eigenvalue weighted by Gasteiger charge is 2.24. The molecule has 0 fully saturated rings. The van der Waals surface area contributed by atoms with Crippen molar-refractivity contribution in [2.45, 2.75) is 19.4 Å². The predicted molar refractivity (Wildman–Crippen MR) is 89.8 cm³/mol. The van der Waals surface area contributed by atoms with Crippen molar-refractivity contribution in [2.75, 3.05) is 20.0 Å². The molecule has 1 aliphatic rings. The van der Waals surface area contributed by atoms with E-state index < -0.39 is 11.9 Å². The summed E-state index contributed by atoms with van der Waals surface area (Å²) >= 11 is 0. The van der Waals surface area contributed by atoms with Crippen molar-refractivity contribution < 1.29 is 28.8 Å². The smallest absolute Gasteiger partial charge is 0.302 e. The number of fused-ring (bicyclic) bond motifs is 1. The summed E-state index contributed by atoms with van der Waals surface area (Å²) in [6.45, 7) is 1.73. The van der Waals surface area contributed by atoms with Crippen LogP contribution >= 0.6 is 0 Å². The van der Waals surface area contributed by atoms with E-state index in [1.54, 1.807) is 12.1 Å². The average Bonchev–Trinajstić information content (AvgIpc) is 3.08. The summed E-state index contributed by atoms with van der Waals surface area (Å²) in [7, 11) is 0. The van der Waals surface area contributed by atoms with Gasteiger partial charge in [0.15, 0.2) is 11.5 Å². The molecule has 1 aliphatic heterocycles. The number of benzene rings is 2. The summed E-state index contributed by atoms with van der Waals surface area (Å²) in [5.41, 5.74) is 1.73. The van der Waals surface area contributed by atoms with Crippen LogP contribution in [0.5, 0.6) is 17.2 Å². The van der Waals surface area contributed by atoms with Crippen LogP contribution < -0.4 is 14.2 Å². The lowest BCUT2D eigenvalue weighted by atomic mass is 9.99. The van der Waals surface area contributed by atoms with Crippen LogP contribution in [0.2, 0.25) is 0 Å². The fourth-order valence-electron chi connectivity index (χ4n) is 2.58. The first-order valence-electron chi connectivity index (χ1n) is 8.02. The fourth-order valence-corrected chi connectivity index (χ4v) is 2.58. The van der Waals surface area contributed by atoms with Crippen molar-refractivity contribution in [3.8, 4) is 17.2 Å². The Hall–Kier alpha value is -2.73. The Labute approximate surface area is 145 Å². The normalized spacial score (nSPS) is 13.4. The molecule has 6 heteroatoms. The van der Waals surface area contributed by atoms with Gasteiger partial charge < -0.3 is 24.1 Å². The first-order chi connectivity index (χ1) is 12.2. The number of hydrogen-bond donors (Lipinski definition) is 1. The van der Waals surface area contributed by atoms with Crippen LogP contribution in [0.1, 0.15) is 24.0 Å². The topological polar surface area (TPSA) is 74.2 Å². The second-order valence-electron chi connectivity index (χ2n) is 5.70. The molecule has 1 atom stereocenters. The fraction of sp³-hybridized carbons (Fsp3) is 0.316. The zero-order valence-electron chi connectivity index (χ0n) is 13.9. The molecule has 132 valence electrons. The molecule has 0 aromatic heterocycles.